The van der Waals surface area contributed by atoms with Crippen LogP contribution in [0, 0.1) is 5.41 Å². The zero-order valence-corrected chi connectivity index (χ0v) is 14.2. The maximum Gasteiger partial charge on any atom is 0.231 e. The molecule has 23 heavy (non-hydrogen) atoms. The zero-order chi connectivity index (χ0) is 16.9. The second-order valence-electron chi connectivity index (χ2n) is 5.75. The third-order valence-electron chi connectivity index (χ3n) is 3.36. The van der Waals surface area contributed by atoms with Crippen LogP contribution < -0.4 is 14.8 Å². The quantitative estimate of drug-likeness (QED) is 0.780. The molecule has 1 amide bonds. The van der Waals surface area contributed by atoms with E-state index in [1.54, 1.807) is 45.2 Å². The second kappa shape index (κ2) is 7.38. The van der Waals surface area contributed by atoms with Gasteiger partial charge in [-0.3, -0.25) is 4.79 Å². The Hall–Kier alpha value is -2.20. The van der Waals surface area contributed by atoms with Gasteiger partial charge in [-0.2, -0.15) is 0 Å². The minimum absolute atomic E-state index is 0.120. The Morgan fingerprint density at radius 3 is 2.26 bits per heavy atom. The van der Waals surface area contributed by atoms with Gasteiger partial charge in [-0.1, -0.05) is 12.1 Å². The molecule has 0 bridgehead atoms. The van der Waals surface area contributed by atoms with Crippen molar-refractivity contribution in [3.63, 3.8) is 0 Å². The largest absolute Gasteiger partial charge is 0.493 e. The van der Waals surface area contributed by atoms with Crippen molar-refractivity contribution in [2.24, 2.45) is 5.41 Å². The molecule has 0 unspecified atom stereocenters. The fourth-order valence-electron chi connectivity index (χ4n) is 1.80. The van der Waals surface area contributed by atoms with Crippen LogP contribution in [0.1, 0.15) is 13.8 Å². The van der Waals surface area contributed by atoms with Crippen molar-refractivity contribution in [3.05, 3.63) is 48.5 Å². The van der Waals surface area contributed by atoms with Gasteiger partial charge < -0.3 is 14.8 Å². The van der Waals surface area contributed by atoms with Crippen LogP contribution in [-0.2, 0) is 4.79 Å². The first-order chi connectivity index (χ1) is 11.0. The standard InChI is InChI=1S/C18H20ClNO3/c1-18(2,12-19)17(21)20-13-8-10-14(11-9-13)23-16-7-5-4-6-15(16)22-3/h4-11H,12H2,1-3H3,(H,20,21). The van der Waals surface area contributed by atoms with Crippen LogP contribution in [0.2, 0.25) is 0 Å². The summed E-state index contributed by atoms with van der Waals surface area (Å²) in [5.41, 5.74) is 0.0780. The summed E-state index contributed by atoms with van der Waals surface area (Å²) in [4.78, 5) is 12.1. The number of amides is 1. The fourth-order valence-corrected chi connectivity index (χ4v) is 1.92. The van der Waals surface area contributed by atoms with Crippen molar-refractivity contribution in [2.75, 3.05) is 18.3 Å². The van der Waals surface area contributed by atoms with Crippen LogP contribution in [-0.4, -0.2) is 18.9 Å². The van der Waals surface area contributed by atoms with Gasteiger partial charge in [0.05, 0.1) is 12.5 Å². The van der Waals surface area contributed by atoms with Crippen LogP contribution in [0.4, 0.5) is 5.69 Å². The molecule has 0 saturated carbocycles. The smallest absolute Gasteiger partial charge is 0.231 e. The minimum atomic E-state index is -0.617. The van der Waals surface area contributed by atoms with E-state index in [9.17, 15) is 4.79 Å². The van der Waals surface area contributed by atoms with Crippen LogP contribution in [0.25, 0.3) is 0 Å². The van der Waals surface area contributed by atoms with Gasteiger partial charge >= 0.3 is 0 Å². The summed E-state index contributed by atoms with van der Waals surface area (Å²) in [7, 11) is 1.60. The predicted octanol–water partition coefficient (Wildman–Crippen LogP) is 4.69. The lowest BCUT2D eigenvalue weighted by Gasteiger charge is -2.20. The first-order valence-corrected chi connectivity index (χ1v) is 7.78. The first kappa shape index (κ1) is 17.2. The lowest BCUT2D eigenvalue weighted by Crippen LogP contribution is -2.32. The Balaban J connectivity index is 2.07. The highest BCUT2D eigenvalue weighted by molar-refractivity contribution is 6.20. The predicted molar refractivity (Wildman–Crippen MR) is 92.6 cm³/mol. The molecule has 0 atom stereocenters. The van der Waals surface area contributed by atoms with Crippen molar-refractivity contribution in [1.29, 1.82) is 0 Å². The van der Waals surface area contributed by atoms with Crippen molar-refractivity contribution in [3.8, 4) is 17.2 Å². The summed E-state index contributed by atoms with van der Waals surface area (Å²) in [6.07, 6.45) is 0. The lowest BCUT2D eigenvalue weighted by molar-refractivity contribution is -0.122. The molecule has 2 aromatic rings. The summed E-state index contributed by atoms with van der Waals surface area (Å²) >= 11 is 5.81. The van der Waals surface area contributed by atoms with Crippen LogP contribution in [0.5, 0.6) is 17.2 Å². The van der Waals surface area contributed by atoms with E-state index in [1.165, 1.54) is 0 Å². The molecule has 2 rings (SSSR count). The van der Waals surface area contributed by atoms with Gasteiger partial charge in [0, 0.05) is 11.6 Å². The SMILES string of the molecule is COc1ccccc1Oc1ccc(NC(=O)C(C)(C)CCl)cc1. The number of hydrogen-bond acceptors (Lipinski definition) is 3. The summed E-state index contributed by atoms with van der Waals surface area (Å²) in [6, 6.07) is 14.6. The van der Waals surface area contributed by atoms with Crippen LogP contribution in [0.15, 0.2) is 48.5 Å². The molecule has 4 nitrogen and oxygen atoms in total. The Labute approximate surface area is 141 Å². The number of halogens is 1. The number of anilines is 1. The normalized spacial score (nSPS) is 11.0. The fraction of sp³-hybridized carbons (Fsp3) is 0.278. The number of para-hydroxylation sites is 2. The number of carbonyl (C=O) groups excluding carboxylic acids is 1. The molecule has 0 radical (unpaired) electrons. The third kappa shape index (κ3) is 4.39. The van der Waals surface area contributed by atoms with Crippen molar-refractivity contribution >= 4 is 23.2 Å². The van der Waals surface area contributed by atoms with E-state index in [1.807, 2.05) is 24.3 Å². The average molecular weight is 334 g/mol. The molecule has 1 N–H and O–H groups in total. The maximum absolute atomic E-state index is 12.1. The van der Waals surface area contributed by atoms with Gasteiger partial charge in [0.2, 0.25) is 5.91 Å². The number of nitrogens with one attached hydrogen (secondary N) is 1. The average Bonchev–Trinajstić information content (AvgIpc) is 2.57. The number of rotatable bonds is 6. The molecule has 0 heterocycles. The summed E-state index contributed by atoms with van der Waals surface area (Å²) in [6.45, 7) is 3.60. The zero-order valence-electron chi connectivity index (χ0n) is 13.4. The van der Waals surface area contributed by atoms with E-state index in [0.717, 1.165) is 0 Å². The minimum Gasteiger partial charge on any atom is -0.493 e. The third-order valence-corrected chi connectivity index (χ3v) is 4.03. The van der Waals surface area contributed by atoms with Crippen LogP contribution in [0.3, 0.4) is 0 Å². The molecule has 0 fully saturated rings. The molecule has 0 aromatic heterocycles. The number of hydrogen-bond donors (Lipinski definition) is 1. The Morgan fingerprint density at radius 1 is 1.09 bits per heavy atom. The van der Waals surface area contributed by atoms with E-state index in [0.29, 0.717) is 22.9 Å². The van der Waals surface area contributed by atoms with Gasteiger partial charge in [-0.05, 0) is 50.2 Å². The Bertz CT molecular complexity index is 668. The second-order valence-corrected chi connectivity index (χ2v) is 6.02. The lowest BCUT2D eigenvalue weighted by atomic mass is 9.95. The Kier molecular flexibility index (Phi) is 5.50. The highest BCUT2D eigenvalue weighted by Gasteiger charge is 2.26. The van der Waals surface area contributed by atoms with Crippen molar-refractivity contribution in [2.45, 2.75) is 13.8 Å². The molecule has 5 heteroatoms. The molecular weight excluding hydrogens is 314 g/mol. The Morgan fingerprint density at radius 2 is 1.70 bits per heavy atom. The van der Waals surface area contributed by atoms with Crippen molar-refractivity contribution < 1.29 is 14.3 Å². The highest BCUT2D eigenvalue weighted by Crippen LogP contribution is 2.31. The number of benzene rings is 2. The van der Waals surface area contributed by atoms with E-state index in [4.69, 9.17) is 21.1 Å². The molecule has 122 valence electrons. The van der Waals surface area contributed by atoms with Crippen LogP contribution >= 0.6 is 11.6 Å². The summed E-state index contributed by atoms with van der Waals surface area (Å²) in [5, 5.41) is 2.84. The number of ether oxygens (including phenoxy) is 2. The van der Waals surface area contributed by atoms with E-state index in [2.05, 4.69) is 5.32 Å². The van der Waals surface area contributed by atoms with Gasteiger partial charge in [0.1, 0.15) is 5.75 Å². The topological polar surface area (TPSA) is 47.6 Å². The molecule has 2 aromatic carbocycles. The van der Waals surface area contributed by atoms with Gasteiger partial charge in [-0.15, -0.1) is 11.6 Å². The van der Waals surface area contributed by atoms with E-state index >= 15 is 0 Å². The number of alkyl halides is 1. The highest BCUT2D eigenvalue weighted by atomic mass is 35.5. The summed E-state index contributed by atoms with van der Waals surface area (Å²) < 4.78 is 11.0. The molecule has 0 spiro atoms. The maximum atomic E-state index is 12.1. The molecule has 0 aliphatic carbocycles. The van der Waals surface area contributed by atoms with Gasteiger partial charge in [-0.25, -0.2) is 0 Å². The van der Waals surface area contributed by atoms with E-state index in [-0.39, 0.29) is 11.8 Å². The van der Waals surface area contributed by atoms with Crippen molar-refractivity contribution in [1.82, 2.24) is 0 Å². The monoisotopic (exact) mass is 333 g/mol. The van der Waals surface area contributed by atoms with Gasteiger partial charge in [0.25, 0.3) is 0 Å². The molecule has 0 saturated heterocycles. The molecular formula is C18H20ClNO3. The van der Waals surface area contributed by atoms with Gasteiger partial charge in [0.15, 0.2) is 11.5 Å². The van der Waals surface area contributed by atoms with E-state index < -0.39 is 5.41 Å². The summed E-state index contributed by atoms with van der Waals surface area (Å²) in [5.74, 6) is 2.09. The number of methoxy groups -OCH3 is 1. The molecule has 0 aliphatic heterocycles. The molecule has 0 aliphatic rings. The number of carbonyl (C=O) groups is 1. The first-order valence-electron chi connectivity index (χ1n) is 7.24.